The molecule has 3 rings (SSSR count). The summed E-state index contributed by atoms with van der Waals surface area (Å²) in [5.74, 6) is 1.27. The van der Waals surface area contributed by atoms with E-state index in [0.717, 1.165) is 5.56 Å². The Morgan fingerprint density at radius 3 is 2.62 bits per heavy atom. The molecule has 3 N–H and O–H groups in total. The fraction of sp³-hybridized carbons (Fsp3) is 0.350. The van der Waals surface area contributed by atoms with Gasteiger partial charge in [-0.25, -0.2) is 4.79 Å². The summed E-state index contributed by atoms with van der Waals surface area (Å²) in [7, 11) is 0. The van der Waals surface area contributed by atoms with Gasteiger partial charge in [-0.1, -0.05) is 44.2 Å². The summed E-state index contributed by atoms with van der Waals surface area (Å²) in [6.07, 6.45) is 0. The van der Waals surface area contributed by atoms with Crippen LogP contribution in [0.15, 0.2) is 48.5 Å². The van der Waals surface area contributed by atoms with E-state index in [2.05, 4.69) is 10.6 Å². The fourth-order valence-electron chi connectivity index (χ4n) is 2.99. The molecule has 26 heavy (non-hydrogen) atoms. The second-order valence-electron chi connectivity index (χ2n) is 7.01. The molecule has 1 aliphatic rings. The van der Waals surface area contributed by atoms with Crippen molar-refractivity contribution in [2.24, 2.45) is 5.41 Å². The molecule has 6 heteroatoms. The summed E-state index contributed by atoms with van der Waals surface area (Å²) < 4.78 is 10.6. The highest BCUT2D eigenvalue weighted by Gasteiger charge is 2.30. The van der Waals surface area contributed by atoms with Crippen molar-refractivity contribution >= 4 is 11.7 Å². The first-order valence-electron chi connectivity index (χ1n) is 8.60. The number of nitrogens with one attached hydrogen (secondary N) is 2. The number of hydrogen-bond acceptors (Lipinski definition) is 4. The van der Waals surface area contributed by atoms with E-state index in [-0.39, 0.29) is 30.8 Å². The number of carbonyl (C=O) groups is 1. The molecule has 0 bridgehead atoms. The van der Waals surface area contributed by atoms with Gasteiger partial charge in [0.1, 0.15) is 0 Å². The van der Waals surface area contributed by atoms with E-state index in [1.807, 2.05) is 44.2 Å². The van der Waals surface area contributed by atoms with E-state index < -0.39 is 0 Å². The summed E-state index contributed by atoms with van der Waals surface area (Å²) in [5, 5.41) is 15.5. The number of anilines is 1. The minimum absolute atomic E-state index is 0.0174. The fourth-order valence-corrected chi connectivity index (χ4v) is 2.99. The monoisotopic (exact) mass is 356 g/mol. The Morgan fingerprint density at radius 2 is 1.88 bits per heavy atom. The maximum atomic E-state index is 12.3. The van der Waals surface area contributed by atoms with Crippen molar-refractivity contribution in [3.8, 4) is 11.5 Å². The van der Waals surface area contributed by atoms with E-state index in [0.29, 0.717) is 23.7 Å². The van der Waals surface area contributed by atoms with Crippen LogP contribution in [0.2, 0.25) is 0 Å². The normalized spacial score (nSPS) is 14.0. The lowest BCUT2D eigenvalue weighted by molar-refractivity contribution is 0.130. The molecule has 2 aromatic carbocycles. The highest BCUT2D eigenvalue weighted by molar-refractivity contribution is 5.89. The molecule has 0 fully saturated rings. The number of urea groups is 1. The van der Waals surface area contributed by atoms with Gasteiger partial charge in [-0.05, 0) is 23.1 Å². The van der Waals surface area contributed by atoms with Crippen LogP contribution in [0.1, 0.15) is 25.3 Å². The highest BCUT2D eigenvalue weighted by atomic mass is 16.7. The van der Waals surface area contributed by atoms with Crippen LogP contribution in [0.25, 0.3) is 0 Å². The van der Waals surface area contributed by atoms with Gasteiger partial charge in [-0.15, -0.1) is 0 Å². The second kappa shape index (κ2) is 7.66. The van der Waals surface area contributed by atoms with Crippen LogP contribution in [0.3, 0.4) is 0 Å². The molecule has 138 valence electrons. The van der Waals surface area contributed by atoms with Crippen molar-refractivity contribution in [2.45, 2.75) is 19.8 Å². The van der Waals surface area contributed by atoms with Crippen molar-refractivity contribution < 1.29 is 19.4 Å². The molecule has 2 amide bonds. The van der Waals surface area contributed by atoms with Gasteiger partial charge in [-0.2, -0.15) is 0 Å². The standard InChI is InChI=1S/C20H24N2O4/c1-20(2,12-23)16(14-6-4-3-5-7-14)11-21-19(24)22-15-8-9-17-18(10-15)26-13-25-17/h3-10,16,23H,11-13H2,1-2H3,(H2,21,22,24). The molecule has 0 saturated heterocycles. The van der Waals surface area contributed by atoms with Crippen molar-refractivity contribution in [1.29, 1.82) is 0 Å². The maximum Gasteiger partial charge on any atom is 0.319 e. The zero-order chi connectivity index (χ0) is 18.6. The van der Waals surface area contributed by atoms with Crippen LogP contribution in [-0.2, 0) is 0 Å². The molecule has 6 nitrogen and oxygen atoms in total. The summed E-state index contributed by atoms with van der Waals surface area (Å²) in [4.78, 5) is 12.3. The highest BCUT2D eigenvalue weighted by Crippen LogP contribution is 2.35. The first kappa shape index (κ1) is 18.1. The molecular weight excluding hydrogens is 332 g/mol. The van der Waals surface area contributed by atoms with Crippen molar-refractivity contribution in [3.63, 3.8) is 0 Å². The van der Waals surface area contributed by atoms with Crippen molar-refractivity contribution in [1.82, 2.24) is 5.32 Å². The van der Waals surface area contributed by atoms with Gasteiger partial charge < -0.3 is 25.2 Å². The second-order valence-corrected chi connectivity index (χ2v) is 7.01. The van der Waals surface area contributed by atoms with Crippen LogP contribution >= 0.6 is 0 Å². The van der Waals surface area contributed by atoms with Crippen LogP contribution in [-0.4, -0.2) is 31.1 Å². The summed E-state index contributed by atoms with van der Waals surface area (Å²) in [5.41, 5.74) is 1.34. The van der Waals surface area contributed by atoms with E-state index >= 15 is 0 Å². The largest absolute Gasteiger partial charge is 0.454 e. The van der Waals surface area contributed by atoms with Gasteiger partial charge in [0.2, 0.25) is 6.79 Å². The van der Waals surface area contributed by atoms with Crippen LogP contribution in [0, 0.1) is 5.41 Å². The number of benzene rings is 2. The third-order valence-corrected chi connectivity index (χ3v) is 4.65. The number of amides is 2. The van der Waals surface area contributed by atoms with E-state index in [4.69, 9.17) is 9.47 Å². The molecule has 0 radical (unpaired) electrons. The zero-order valence-electron chi connectivity index (χ0n) is 15.0. The molecule has 0 spiro atoms. The third kappa shape index (κ3) is 4.08. The summed E-state index contributed by atoms with van der Waals surface area (Å²) in [6.45, 7) is 4.61. The maximum absolute atomic E-state index is 12.3. The van der Waals surface area contributed by atoms with E-state index in [1.165, 1.54) is 0 Å². The molecular formula is C20H24N2O4. The van der Waals surface area contributed by atoms with E-state index in [1.54, 1.807) is 18.2 Å². The van der Waals surface area contributed by atoms with Gasteiger partial charge in [0, 0.05) is 30.8 Å². The Hall–Kier alpha value is -2.73. The van der Waals surface area contributed by atoms with Gasteiger partial charge in [0.05, 0.1) is 0 Å². The lowest BCUT2D eigenvalue weighted by atomic mass is 9.75. The average molecular weight is 356 g/mol. The molecule has 2 aromatic rings. The van der Waals surface area contributed by atoms with Crippen molar-refractivity contribution in [2.75, 3.05) is 25.3 Å². The summed E-state index contributed by atoms with van der Waals surface area (Å²) in [6, 6.07) is 14.8. The first-order valence-corrected chi connectivity index (χ1v) is 8.60. The lowest BCUT2D eigenvalue weighted by Gasteiger charge is -2.33. The Morgan fingerprint density at radius 1 is 1.15 bits per heavy atom. The van der Waals surface area contributed by atoms with Gasteiger partial charge in [-0.3, -0.25) is 0 Å². The average Bonchev–Trinajstić information content (AvgIpc) is 3.10. The van der Waals surface area contributed by atoms with Crippen LogP contribution in [0.4, 0.5) is 10.5 Å². The lowest BCUT2D eigenvalue weighted by Crippen LogP contribution is -2.38. The molecule has 0 aliphatic carbocycles. The van der Waals surface area contributed by atoms with Gasteiger partial charge in [0.15, 0.2) is 11.5 Å². The number of carbonyl (C=O) groups excluding carboxylic acids is 1. The molecule has 0 aromatic heterocycles. The zero-order valence-corrected chi connectivity index (χ0v) is 15.0. The smallest absolute Gasteiger partial charge is 0.319 e. The number of rotatable bonds is 6. The van der Waals surface area contributed by atoms with Crippen molar-refractivity contribution in [3.05, 3.63) is 54.1 Å². The SMILES string of the molecule is CC(C)(CO)C(CNC(=O)Nc1ccc2c(c1)OCO2)c1ccccc1. The van der Waals surface area contributed by atoms with Gasteiger partial charge >= 0.3 is 6.03 Å². The predicted molar refractivity (Wildman–Crippen MR) is 99.6 cm³/mol. The quantitative estimate of drug-likeness (QED) is 0.742. The molecule has 1 atom stereocenters. The Kier molecular flexibility index (Phi) is 5.32. The minimum Gasteiger partial charge on any atom is -0.454 e. The van der Waals surface area contributed by atoms with Crippen LogP contribution in [0.5, 0.6) is 11.5 Å². The van der Waals surface area contributed by atoms with Gasteiger partial charge in [0.25, 0.3) is 0 Å². The number of ether oxygens (including phenoxy) is 2. The Labute approximate surface area is 153 Å². The Bertz CT molecular complexity index is 762. The first-order chi connectivity index (χ1) is 12.5. The number of hydrogen-bond donors (Lipinski definition) is 3. The molecule has 1 unspecified atom stereocenters. The molecule has 1 aliphatic heterocycles. The van der Waals surface area contributed by atoms with Crippen LogP contribution < -0.4 is 20.1 Å². The third-order valence-electron chi connectivity index (χ3n) is 4.65. The topological polar surface area (TPSA) is 79.8 Å². The molecule has 1 heterocycles. The minimum atomic E-state index is -0.368. The predicted octanol–water partition coefficient (Wildman–Crippen LogP) is 3.34. The summed E-state index contributed by atoms with van der Waals surface area (Å²) >= 11 is 0. The number of aliphatic hydroxyl groups is 1. The number of aliphatic hydroxyl groups excluding tert-OH is 1. The van der Waals surface area contributed by atoms with E-state index in [9.17, 15) is 9.90 Å². The molecule has 0 saturated carbocycles. The Balaban J connectivity index is 1.64. The number of fused-ring (bicyclic) bond motifs is 1.